The average Bonchev–Trinajstić information content (AvgIpc) is 2.41. The molecule has 0 saturated heterocycles. The van der Waals surface area contributed by atoms with Crippen molar-refractivity contribution in [2.24, 2.45) is 0 Å². The van der Waals surface area contributed by atoms with E-state index in [-0.39, 0.29) is 24.4 Å². The first kappa shape index (κ1) is 15.9. The highest BCUT2D eigenvalue weighted by Gasteiger charge is 2.04. The van der Waals surface area contributed by atoms with Crippen molar-refractivity contribution in [1.82, 2.24) is 15.6 Å². The third-order valence-electron chi connectivity index (χ3n) is 2.34. The van der Waals surface area contributed by atoms with Crippen LogP contribution >= 0.6 is 0 Å². The fourth-order valence-electron chi connectivity index (χ4n) is 1.36. The number of carboxylic acids is 1. The molecule has 1 aromatic heterocycles. The minimum absolute atomic E-state index is 0.0240. The van der Waals surface area contributed by atoms with Gasteiger partial charge in [0.25, 0.3) is 0 Å². The minimum Gasteiger partial charge on any atom is -0.477 e. The van der Waals surface area contributed by atoms with E-state index in [1.165, 1.54) is 12.3 Å². The number of carboxylic acid groups (broad SMARTS) is 1. The maximum atomic E-state index is 11.4. The second kappa shape index (κ2) is 8.11. The van der Waals surface area contributed by atoms with Crippen molar-refractivity contribution in [2.75, 3.05) is 13.2 Å². The van der Waals surface area contributed by atoms with Gasteiger partial charge in [0.05, 0.1) is 12.7 Å². The summed E-state index contributed by atoms with van der Waals surface area (Å²) in [5, 5.41) is 14.0. The van der Waals surface area contributed by atoms with E-state index < -0.39 is 5.97 Å². The Balaban J connectivity index is 2.25. The lowest BCUT2D eigenvalue weighted by Gasteiger charge is -2.09. The van der Waals surface area contributed by atoms with Crippen LogP contribution in [0.15, 0.2) is 18.3 Å². The Morgan fingerprint density at radius 2 is 2.10 bits per heavy atom. The minimum atomic E-state index is -1.08. The molecule has 1 rings (SSSR count). The Morgan fingerprint density at radius 1 is 1.35 bits per heavy atom. The van der Waals surface area contributed by atoms with Gasteiger partial charge >= 0.3 is 12.0 Å². The Labute approximate surface area is 117 Å². The normalized spacial score (nSPS) is 10.3. The summed E-state index contributed by atoms with van der Waals surface area (Å²) in [5.74, 6) is -1.08. The summed E-state index contributed by atoms with van der Waals surface area (Å²) in [7, 11) is 0. The van der Waals surface area contributed by atoms with E-state index in [4.69, 9.17) is 9.84 Å². The number of aromatic carboxylic acids is 1. The smallest absolute Gasteiger partial charge is 0.354 e. The Bertz CT molecular complexity index is 445. The number of hydrogen-bond donors (Lipinski definition) is 3. The molecule has 0 aromatic carbocycles. The highest BCUT2D eigenvalue weighted by molar-refractivity contribution is 5.85. The molecule has 20 heavy (non-hydrogen) atoms. The number of ether oxygens (including phenoxy) is 1. The zero-order chi connectivity index (χ0) is 15.0. The predicted octanol–water partition coefficient (Wildman–Crippen LogP) is 1.00. The maximum absolute atomic E-state index is 11.4. The summed E-state index contributed by atoms with van der Waals surface area (Å²) in [6, 6.07) is 2.70. The molecule has 0 saturated carbocycles. The van der Waals surface area contributed by atoms with Gasteiger partial charge in [-0.1, -0.05) is 6.07 Å². The van der Waals surface area contributed by atoms with Crippen molar-refractivity contribution in [3.05, 3.63) is 29.6 Å². The first-order chi connectivity index (χ1) is 9.49. The largest absolute Gasteiger partial charge is 0.477 e. The highest BCUT2D eigenvalue weighted by atomic mass is 16.5. The molecule has 0 spiro atoms. The SMILES string of the molecule is CC(C)OCCNC(=O)NCc1ccc(C(=O)O)nc1. The van der Waals surface area contributed by atoms with Gasteiger partial charge in [-0.05, 0) is 25.5 Å². The van der Waals surface area contributed by atoms with Crippen LogP contribution in [-0.2, 0) is 11.3 Å². The van der Waals surface area contributed by atoms with Gasteiger partial charge in [0.1, 0.15) is 5.69 Å². The van der Waals surface area contributed by atoms with Gasteiger partial charge in [-0.3, -0.25) is 0 Å². The molecule has 3 N–H and O–H groups in total. The lowest BCUT2D eigenvalue weighted by Crippen LogP contribution is -2.37. The molecule has 0 aliphatic heterocycles. The summed E-state index contributed by atoms with van der Waals surface area (Å²) in [6.45, 7) is 5.02. The van der Waals surface area contributed by atoms with Crippen molar-refractivity contribution >= 4 is 12.0 Å². The van der Waals surface area contributed by atoms with Gasteiger partial charge in [-0.25, -0.2) is 14.6 Å². The van der Waals surface area contributed by atoms with E-state index in [0.29, 0.717) is 13.2 Å². The lowest BCUT2D eigenvalue weighted by molar-refractivity contribution is 0.0690. The molecular weight excluding hydrogens is 262 g/mol. The number of pyridine rings is 1. The van der Waals surface area contributed by atoms with Gasteiger partial charge < -0.3 is 20.5 Å². The molecular formula is C13H19N3O4. The molecule has 0 aliphatic rings. The van der Waals surface area contributed by atoms with E-state index in [9.17, 15) is 9.59 Å². The zero-order valence-corrected chi connectivity index (χ0v) is 11.5. The van der Waals surface area contributed by atoms with Crippen molar-refractivity contribution in [3.8, 4) is 0 Å². The quantitative estimate of drug-likeness (QED) is 0.647. The molecule has 1 heterocycles. The monoisotopic (exact) mass is 281 g/mol. The first-order valence-electron chi connectivity index (χ1n) is 6.30. The van der Waals surface area contributed by atoms with Crippen LogP contribution in [0.3, 0.4) is 0 Å². The Morgan fingerprint density at radius 3 is 2.65 bits per heavy atom. The number of urea groups is 1. The first-order valence-corrected chi connectivity index (χ1v) is 6.30. The Hall–Kier alpha value is -2.15. The maximum Gasteiger partial charge on any atom is 0.354 e. The molecule has 1 aromatic rings. The zero-order valence-electron chi connectivity index (χ0n) is 11.5. The molecule has 0 atom stereocenters. The molecule has 0 aliphatic carbocycles. The number of amides is 2. The molecule has 110 valence electrons. The van der Waals surface area contributed by atoms with Crippen molar-refractivity contribution in [1.29, 1.82) is 0 Å². The second-order valence-corrected chi connectivity index (χ2v) is 4.39. The molecule has 7 nitrogen and oxygen atoms in total. The van der Waals surface area contributed by atoms with Gasteiger partial charge in [0.2, 0.25) is 0 Å². The number of rotatable bonds is 7. The predicted molar refractivity (Wildman–Crippen MR) is 72.5 cm³/mol. The Kier molecular flexibility index (Phi) is 6.45. The average molecular weight is 281 g/mol. The summed E-state index contributed by atoms with van der Waals surface area (Å²) in [6.07, 6.45) is 1.56. The van der Waals surface area contributed by atoms with E-state index >= 15 is 0 Å². The summed E-state index contributed by atoms with van der Waals surface area (Å²) < 4.78 is 5.28. The van der Waals surface area contributed by atoms with Gasteiger partial charge in [-0.2, -0.15) is 0 Å². The fraction of sp³-hybridized carbons (Fsp3) is 0.462. The molecule has 0 radical (unpaired) electrons. The van der Waals surface area contributed by atoms with Crippen LogP contribution in [0.1, 0.15) is 29.9 Å². The highest BCUT2D eigenvalue weighted by Crippen LogP contribution is 1.99. The number of nitrogens with zero attached hydrogens (tertiary/aromatic N) is 1. The van der Waals surface area contributed by atoms with Crippen LogP contribution in [-0.4, -0.2) is 41.3 Å². The van der Waals surface area contributed by atoms with Crippen molar-refractivity contribution < 1.29 is 19.4 Å². The number of hydrogen-bond acceptors (Lipinski definition) is 4. The van der Waals surface area contributed by atoms with Gasteiger partial charge in [0, 0.05) is 19.3 Å². The molecule has 0 bridgehead atoms. The topological polar surface area (TPSA) is 101 Å². The van der Waals surface area contributed by atoms with Crippen LogP contribution in [0.5, 0.6) is 0 Å². The van der Waals surface area contributed by atoms with Crippen LogP contribution < -0.4 is 10.6 Å². The van der Waals surface area contributed by atoms with Crippen molar-refractivity contribution in [2.45, 2.75) is 26.5 Å². The van der Waals surface area contributed by atoms with Crippen LogP contribution in [0.4, 0.5) is 4.79 Å². The van der Waals surface area contributed by atoms with Crippen LogP contribution in [0, 0.1) is 0 Å². The molecule has 0 unspecified atom stereocenters. The summed E-state index contributed by atoms with van der Waals surface area (Å²) in [4.78, 5) is 25.8. The van der Waals surface area contributed by atoms with Gasteiger partial charge in [0.15, 0.2) is 0 Å². The number of aromatic nitrogens is 1. The molecule has 0 fully saturated rings. The van der Waals surface area contributed by atoms with E-state index in [1.54, 1.807) is 6.07 Å². The standard InChI is InChI=1S/C13H19N3O4/c1-9(2)20-6-5-14-13(19)16-8-10-3-4-11(12(17)18)15-7-10/h3-4,7,9H,5-6,8H2,1-2H3,(H,17,18)(H2,14,16,19). The molecule has 7 heteroatoms. The summed E-state index contributed by atoms with van der Waals surface area (Å²) >= 11 is 0. The second-order valence-electron chi connectivity index (χ2n) is 4.39. The third-order valence-corrected chi connectivity index (χ3v) is 2.34. The number of carbonyl (C=O) groups is 2. The molecule has 2 amide bonds. The van der Waals surface area contributed by atoms with Crippen LogP contribution in [0.2, 0.25) is 0 Å². The van der Waals surface area contributed by atoms with E-state index in [0.717, 1.165) is 5.56 Å². The number of nitrogens with one attached hydrogen (secondary N) is 2. The summed E-state index contributed by atoms with van der Waals surface area (Å²) in [5.41, 5.74) is 0.701. The van der Waals surface area contributed by atoms with E-state index in [2.05, 4.69) is 15.6 Å². The van der Waals surface area contributed by atoms with Crippen molar-refractivity contribution in [3.63, 3.8) is 0 Å². The third kappa shape index (κ3) is 6.14. The van der Waals surface area contributed by atoms with Crippen LogP contribution in [0.25, 0.3) is 0 Å². The lowest BCUT2D eigenvalue weighted by atomic mass is 10.2. The van der Waals surface area contributed by atoms with E-state index in [1.807, 2.05) is 13.8 Å². The fourth-order valence-corrected chi connectivity index (χ4v) is 1.36. The number of carbonyl (C=O) groups excluding carboxylic acids is 1. The van der Waals surface area contributed by atoms with Gasteiger partial charge in [-0.15, -0.1) is 0 Å².